The molecule has 2 heterocycles. The van der Waals surface area contributed by atoms with E-state index in [1.165, 1.54) is 6.07 Å². The molecule has 5 nitrogen and oxygen atoms in total. The molecule has 0 radical (unpaired) electrons. The van der Waals surface area contributed by atoms with Crippen molar-refractivity contribution in [2.45, 2.75) is 20.3 Å². The average Bonchev–Trinajstić information content (AvgIpc) is 2.75. The van der Waals surface area contributed by atoms with E-state index in [1.807, 2.05) is 4.90 Å². The topological polar surface area (TPSA) is 63.5 Å². The van der Waals surface area contributed by atoms with Gasteiger partial charge < -0.3 is 4.90 Å². The molecule has 1 aliphatic rings. The number of rotatable bonds is 2. The average molecular weight is 268 g/mol. The normalized spacial score (nSPS) is 24.0. The van der Waals surface area contributed by atoms with E-state index in [0.29, 0.717) is 16.7 Å². The van der Waals surface area contributed by atoms with Crippen molar-refractivity contribution < 1.29 is 9.72 Å². The van der Waals surface area contributed by atoms with Crippen LogP contribution in [0.2, 0.25) is 0 Å². The second-order valence-electron chi connectivity index (χ2n) is 5.05. The molecule has 0 spiro atoms. The first-order chi connectivity index (χ1) is 8.47. The Bertz CT molecular complexity index is 462. The number of thiophene rings is 1. The molecule has 1 aromatic rings. The Morgan fingerprint density at radius 2 is 2.00 bits per heavy atom. The summed E-state index contributed by atoms with van der Waals surface area (Å²) in [5, 5.41) is 10.6. The number of nitrogens with zero attached hydrogens (tertiary/aromatic N) is 2. The number of hydrogen-bond donors (Lipinski definition) is 0. The highest BCUT2D eigenvalue weighted by molar-refractivity contribution is 7.17. The van der Waals surface area contributed by atoms with Gasteiger partial charge in [0.05, 0.1) is 9.80 Å². The molecule has 2 rings (SSSR count). The summed E-state index contributed by atoms with van der Waals surface area (Å²) in [5.41, 5.74) is 0. The van der Waals surface area contributed by atoms with Crippen LogP contribution >= 0.6 is 11.3 Å². The van der Waals surface area contributed by atoms with Crippen LogP contribution in [0.5, 0.6) is 0 Å². The van der Waals surface area contributed by atoms with Crippen molar-refractivity contribution in [3.63, 3.8) is 0 Å². The van der Waals surface area contributed by atoms with Crippen LogP contribution in [0.4, 0.5) is 5.00 Å². The van der Waals surface area contributed by atoms with Crippen LogP contribution in [-0.4, -0.2) is 28.8 Å². The molecule has 1 aliphatic heterocycles. The minimum Gasteiger partial charge on any atom is -0.337 e. The number of carbonyl (C=O) groups is 1. The summed E-state index contributed by atoms with van der Waals surface area (Å²) in [6, 6.07) is 2.95. The zero-order valence-corrected chi connectivity index (χ0v) is 11.3. The van der Waals surface area contributed by atoms with E-state index >= 15 is 0 Å². The maximum atomic E-state index is 12.2. The van der Waals surface area contributed by atoms with Gasteiger partial charge in [-0.1, -0.05) is 25.2 Å². The molecular weight excluding hydrogens is 252 g/mol. The van der Waals surface area contributed by atoms with E-state index in [9.17, 15) is 14.9 Å². The number of carbonyl (C=O) groups excluding carboxylic acids is 1. The third-order valence-electron chi connectivity index (χ3n) is 3.14. The van der Waals surface area contributed by atoms with Crippen LogP contribution in [0.15, 0.2) is 12.1 Å². The van der Waals surface area contributed by atoms with Gasteiger partial charge in [0.25, 0.3) is 5.91 Å². The van der Waals surface area contributed by atoms with Gasteiger partial charge in [-0.2, -0.15) is 0 Å². The fourth-order valence-electron chi connectivity index (χ4n) is 2.53. The van der Waals surface area contributed by atoms with Gasteiger partial charge in [-0.05, 0) is 24.3 Å². The molecule has 0 unspecified atom stereocenters. The van der Waals surface area contributed by atoms with Crippen molar-refractivity contribution in [1.82, 2.24) is 4.90 Å². The molecule has 1 amide bonds. The van der Waals surface area contributed by atoms with Gasteiger partial charge in [0.1, 0.15) is 0 Å². The summed E-state index contributed by atoms with van der Waals surface area (Å²) in [6.07, 6.45) is 1.13. The minimum atomic E-state index is -0.455. The number of nitro groups is 1. The van der Waals surface area contributed by atoms with Crippen LogP contribution in [-0.2, 0) is 0 Å². The highest BCUT2D eigenvalue weighted by Gasteiger charge is 2.27. The second kappa shape index (κ2) is 5.06. The lowest BCUT2D eigenvalue weighted by Crippen LogP contribution is -2.42. The van der Waals surface area contributed by atoms with Gasteiger partial charge in [0.2, 0.25) is 0 Å². The molecule has 1 aromatic heterocycles. The summed E-state index contributed by atoms with van der Waals surface area (Å²) >= 11 is 0.955. The molecule has 6 heteroatoms. The molecule has 1 saturated heterocycles. The summed E-state index contributed by atoms with van der Waals surface area (Å²) in [5.74, 6) is 0.909. The van der Waals surface area contributed by atoms with E-state index in [2.05, 4.69) is 13.8 Å². The molecule has 18 heavy (non-hydrogen) atoms. The molecule has 1 fully saturated rings. The van der Waals surface area contributed by atoms with Crippen molar-refractivity contribution in [2.24, 2.45) is 11.8 Å². The Morgan fingerprint density at radius 3 is 2.50 bits per heavy atom. The quantitative estimate of drug-likeness (QED) is 0.612. The molecule has 0 aromatic carbocycles. The van der Waals surface area contributed by atoms with Crippen LogP contribution in [0.3, 0.4) is 0 Å². The zero-order valence-electron chi connectivity index (χ0n) is 10.5. The fourth-order valence-corrected chi connectivity index (χ4v) is 3.31. The third kappa shape index (κ3) is 2.69. The Labute approximate surface area is 110 Å². The lowest BCUT2D eigenvalue weighted by Gasteiger charge is -2.34. The van der Waals surface area contributed by atoms with E-state index in [1.54, 1.807) is 6.07 Å². The van der Waals surface area contributed by atoms with Crippen LogP contribution in [0, 0.1) is 22.0 Å². The maximum absolute atomic E-state index is 12.2. The molecule has 0 aliphatic carbocycles. The Balaban J connectivity index is 2.12. The number of likely N-dealkylation sites (tertiary alicyclic amines) is 1. The molecular formula is C12H16N2O3S. The number of piperidine rings is 1. The van der Waals surface area contributed by atoms with Crippen molar-refractivity contribution in [2.75, 3.05) is 13.1 Å². The van der Waals surface area contributed by atoms with Gasteiger partial charge in [-0.15, -0.1) is 0 Å². The Kier molecular flexibility index (Phi) is 3.65. The first-order valence-corrected chi connectivity index (χ1v) is 6.82. The minimum absolute atomic E-state index is 0.0245. The summed E-state index contributed by atoms with van der Waals surface area (Å²) < 4.78 is 0. The molecule has 0 bridgehead atoms. The highest BCUT2D eigenvalue weighted by atomic mass is 32.1. The van der Waals surface area contributed by atoms with E-state index in [0.717, 1.165) is 30.8 Å². The van der Waals surface area contributed by atoms with Gasteiger partial charge >= 0.3 is 5.00 Å². The molecule has 2 atom stereocenters. The van der Waals surface area contributed by atoms with Gasteiger partial charge in [0, 0.05) is 19.2 Å². The lowest BCUT2D eigenvalue weighted by molar-refractivity contribution is -0.380. The van der Waals surface area contributed by atoms with E-state index in [-0.39, 0.29) is 10.9 Å². The van der Waals surface area contributed by atoms with Crippen molar-refractivity contribution in [3.05, 3.63) is 27.1 Å². The van der Waals surface area contributed by atoms with Crippen LogP contribution in [0.25, 0.3) is 0 Å². The first-order valence-electron chi connectivity index (χ1n) is 6.01. The molecule has 0 saturated carbocycles. The number of hydrogen-bond acceptors (Lipinski definition) is 4. The summed E-state index contributed by atoms with van der Waals surface area (Å²) in [6.45, 7) is 5.75. The predicted molar refractivity (Wildman–Crippen MR) is 69.8 cm³/mol. The fraction of sp³-hybridized carbons (Fsp3) is 0.583. The molecule has 98 valence electrons. The number of amides is 1. The van der Waals surface area contributed by atoms with E-state index in [4.69, 9.17) is 0 Å². The van der Waals surface area contributed by atoms with Crippen molar-refractivity contribution >= 4 is 22.2 Å². The summed E-state index contributed by atoms with van der Waals surface area (Å²) in [4.78, 5) is 24.7. The monoisotopic (exact) mass is 268 g/mol. The zero-order chi connectivity index (χ0) is 13.3. The van der Waals surface area contributed by atoms with E-state index < -0.39 is 4.92 Å². The van der Waals surface area contributed by atoms with Gasteiger partial charge in [-0.3, -0.25) is 14.9 Å². The smallest absolute Gasteiger partial charge is 0.324 e. The SMILES string of the molecule is C[C@@H]1C[C@@H](C)CN(C(=O)c2ccc([N+](=O)[O-])s2)C1. The Morgan fingerprint density at radius 1 is 1.39 bits per heavy atom. The lowest BCUT2D eigenvalue weighted by atomic mass is 9.92. The summed E-state index contributed by atoms with van der Waals surface area (Å²) in [7, 11) is 0. The van der Waals surface area contributed by atoms with Crippen LogP contribution in [0.1, 0.15) is 29.9 Å². The largest absolute Gasteiger partial charge is 0.337 e. The standard InChI is InChI=1S/C12H16N2O3S/c1-8-5-9(2)7-13(6-8)12(15)10-3-4-11(18-10)14(16)17/h3-4,8-9H,5-7H2,1-2H3/t8-,9-/m1/s1. The highest BCUT2D eigenvalue weighted by Crippen LogP contribution is 2.28. The first kappa shape index (κ1) is 13.0. The second-order valence-corrected chi connectivity index (χ2v) is 6.11. The predicted octanol–water partition coefficient (Wildman–Crippen LogP) is 2.77. The van der Waals surface area contributed by atoms with Crippen molar-refractivity contribution in [1.29, 1.82) is 0 Å². The van der Waals surface area contributed by atoms with Crippen LogP contribution < -0.4 is 0 Å². The van der Waals surface area contributed by atoms with Gasteiger partial charge in [-0.25, -0.2) is 0 Å². The maximum Gasteiger partial charge on any atom is 0.324 e. The van der Waals surface area contributed by atoms with Crippen molar-refractivity contribution in [3.8, 4) is 0 Å². The third-order valence-corrected chi connectivity index (χ3v) is 4.16. The Hall–Kier alpha value is -1.43. The van der Waals surface area contributed by atoms with Gasteiger partial charge in [0.15, 0.2) is 0 Å². The molecule has 0 N–H and O–H groups in total.